The minimum Gasteiger partial charge on any atom is -0.481 e. The lowest BCUT2D eigenvalue weighted by molar-refractivity contribution is -0.136. The van der Waals surface area contributed by atoms with Crippen molar-refractivity contribution in [3.63, 3.8) is 0 Å². The van der Waals surface area contributed by atoms with E-state index in [2.05, 4.69) is 15.9 Å². The van der Waals surface area contributed by atoms with E-state index in [0.29, 0.717) is 27.0 Å². The molecule has 0 fully saturated rings. The van der Waals surface area contributed by atoms with Crippen LogP contribution in [-0.4, -0.2) is 11.1 Å². The molecule has 1 aromatic carbocycles. The highest BCUT2D eigenvalue weighted by molar-refractivity contribution is 9.10. The summed E-state index contributed by atoms with van der Waals surface area (Å²) in [5, 5.41) is 17.8. The van der Waals surface area contributed by atoms with Crippen LogP contribution in [0.25, 0.3) is 0 Å². The second-order valence-electron chi connectivity index (χ2n) is 2.89. The van der Waals surface area contributed by atoms with Crippen LogP contribution in [0.1, 0.15) is 17.5 Å². The predicted octanol–water partition coefficient (Wildman–Crippen LogP) is 2.99. The summed E-state index contributed by atoms with van der Waals surface area (Å²) < 4.78 is 0.582. The SMILES string of the molecule is N#Cc1ccc(Cl)c(CCC(=O)O)c1Br. The van der Waals surface area contributed by atoms with E-state index in [1.54, 1.807) is 12.1 Å². The molecule has 0 amide bonds. The van der Waals surface area contributed by atoms with Gasteiger partial charge in [-0.25, -0.2) is 0 Å². The molecule has 3 nitrogen and oxygen atoms in total. The molecule has 0 saturated carbocycles. The summed E-state index contributed by atoms with van der Waals surface area (Å²) in [4.78, 5) is 10.4. The van der Waals surface area contributed by atoms with E-state index in [1.807, 2.05) is 6.07 Å². The van der Waals surface area contributed by atoms with Crippen LogP contribution in [0.5, 0.6) is 0 Å². The van der Waals surface area contributed by atoms with Gasteiger partial charge >= 0.3 is 5.97 Å². The van der Waals surface area contributed by atoms with Crippen molar-refractivity contribution in [3.05, 3.63) is 32.8 Å². The molecule has 5 heteroatoms. The number of carbonyl (C=O) groups is 1. The van der Waals surface area contributed by atoms with Crippen LogP contribution in [0.3, 0.4) is 0 Å². The third-order valence-electron chi connectivity index (χ3n) is 1.90. The van der Waals surface area contributed by atoms with Gasteiger partial charge < -0.3 is 5.11 Å². The van der Waals surface area contributed by atoms with E-state index >= 15 is 0 Å². The number of halogens is 2. The third-order valence-corrected chi connectivity index (χ3v) is 3.16. The fourth-order valence-corrected chi connectivity index (χ4v) is 2.14. The molecule has 0 heterocycles. The summed E-state index contributed by atoms with van der Waals surface area (Å²) >= 11 is 9.15. The Kier molecular flexibility index (Phi) is 4.13. The largest absolute Gasteiger partial charge is 0.481 e. The van der Waals surface area contributed by atoms with Gasteiger partial charge in [0.25, 0.3) is 0 Å². The van der Waals surface area contributed by atoms with Crippen molar-refractivity contribution in [1.82, 2.24) is 0 Å². The summed E-state index contributed by atoms with van der Waals surface area (Å²) in [6.07, 6.45) is 0.303. The van der Waals surface area contributed by atoms with Crippen molar-refractivity contribution >= 4 is 33.5 Å². The van der Waals surface area contributed by atoms with E-state index in [9.17, 15) is 4.79 Å². The molecule has 0 saturated heterocycles. The molecule has 15 heavy (non-hydrogen) atoms. The maximum atomic E-state index is 10.4. The Morgan fingerprint density at radius 3 is 2.80 bits per heavy atom. The lowest BCUT2D eigenvalue weighted by Gasteiger charge is -2.06. The average molecular weight is 289 g/mol. The zero-order valence-electron chi connectivity index (χ0n) is 7.63. The Morgan fingerprint density at radius 1 is 1.60 bits per heavy atom. The number of nitrogens with zero attached hydrogens (tertiary/aromatic N) is 1. The molecule has 0 unspecified atom stereocenters. The number of carboxylic acids is 1. The molecule has 78 valence electrons. The van der Waals surface area contributed by atoms with Crippen LogP contribution in [-0.2, 0) is 11.2 Å². The highest BCUT2D eigenvalue weighted by atomic mass is 79.9. The van der Waals surface area contributed by atoms with E-state index < -0.39 is 5.97 Å². The molecule has 0 aliphatic carbocycles. The van der Waals surface area contributed by atoms with Crippen molar-refractivity contribution in [2.45, 2.75) is 12.8 Å². The summed E-state index contributed by atoms with van der Waals surface area (Å²) in [6, 6.07) is 5.19. The number of hydrogen-bond donors (Lipinski definition) is 1. The van der Waals surface area contributed by atoms with E-state index in [1.165, 1.54) is 0 Å². The third kappa shape index (κ3) is 2.95. The summed E-state index contributed by atoms with van der Waals surface area (Å²) in [6.45, 7) is 0. The van der Waals surface area contributed by atoms with Gasteiger partial charge in [0.05, 0.1) is 5.56 Å². The Morgan fingerprint density at radius 2 is 2.27 bits per heavy atom. The van der Waals surface area contributed by atoms with Crippen LogP contribution < -0.4 is 0 Å². The number of rotatable bonds is 3. The Hall–Kier alpha value is -1.05. The second-order valence-corrected chi connectivity index (χ2v) is 4.09. The standard InChI is InChI=1S/C10H7BrClNO2/c11-10-6(5-13)1-3-8(12)7(10)2-4-9(14)15/h1,3H,2,4H2,(H,14,15). The lowest BCUT2D eigenvalue weighted by atomic mass is 10.1. The van der Waals surface area contributed by atoms with E-state index in [0.717, 1.165) is 0 Å². The molecule has 0 aliphatic rings. The lowest BCUT2D eigenvalue weighted by Crippen LogP contribution is -1.99. The monoisotopic (exact) mass is 287 g/mol. The van der Waals surface area contributed by atoms with Crippen molar-refractivity contribution in [2.75, 3.05) is 0 Å². The van der Waals surface area contributed by atoms with Gasteiger partial charge in [-0.05, 0) is 40.0 Å². The molecule has 0 atom stereocenters. The first kappa shape index (κ1) is 12.0. The molecular formula is C10H7BrClNO2. The maximum Gasteiger partial charge on any atom is 0.303 e. The van der Waals surface area contributed by atoms with Gasteiger partial charge in [0.1, 0.15) is 6.07 Å². The smallest absolute Gasteiger partial charge is 0.303 e. The topological polar surface area (TPSA) is 61.1 Å². The quantitative estimate of drug-likeness (QED) is 0.930. The molecule has 0 spiro atoms. The molecule has 0 aromatic heterocycles. The van der Waals surface area contributed by atoms with Gasteiger partial charge in [0.2, 0.25) is 0 Å². The molecule has 1 aromatic rings. The summed E-state index contributed by atoms with van der Waals surface area (Å²) in [5.41, 5.74) is 1.12. The zero-order valence-corrected chi connectivity index (χ0v) is 9.97. The van der Waals surface area contributed by atoms with Gasteiger partial charge in [-0.15, -0.1) is 0 Å². The van der Waals surface area contributed by atoms with Crippen molar-refractivity contribution < 1.29 is 9.90 Å². The van der Waals surface area contributed by atoms with Gasteiger partial charge in [-0.3, -0.25) is 4.79 Å². The molecule has 0 bridgehead atoms. The average Bonchev–Trinajstić information content (AvgIpc) is 2.17. The van der Waals surface area contributed by atoms with E-state index in [4.69, 9.17) is 22.0 Å². The highest BCUT2D eigenvalue weighted by Gasteiger charge is 2.11. The van der Waals surface area contributed by atoms with Crippen LogP contribution in [0.15, 0.2) is 16.6 Å². The molecule has 0 aliphatic heterocycles. The first-order valence-corrected chi connectivity index (χ1v) is 5.32. The Labute approximate surface area is 100 Å². The predicted molar refractivity (Wildman–Crippen MR) is 59.8 cm³/mol. The maximum absolute atomic E-state index is 10.4. The van der Waals surface area contributed by atoms with Crippen LogP contribution in [0, 0.1) is 11.3 Å². The molecule has 1 N–H and O–H groups in total. The fourth-order valence-electron chi connectivity index (χ4n) is 1.15. The first-order chi connectivity index (χ1) is 7.06. The minimum atomic E-state index is -0.889. The van der Waals surface area contributed by atoms with Gasteiger partial charge in [-0.2, -0.15) is 5.26 Å². The van der Waals surface area contributed by atoms with Crippen LogP contribution in [0.2, 0.25) is 5.02 Å². The normalized spacial score (nSPS) is 9.67. The summed E-state index contributed by atoms with van der Waals surface area (Å²) in [7, 11) is 0. The van der Waals surface area contributed by atoms with Crippen molar-refractivity contribution in [1.29, 1.82) is 5.26 Å². The van der Waals surface area contributed by atoms with Crippen molar-refractivity contribution in [2.24, 2.45) is 0 Å². The van der Waals surface area contributed by atoms with E-state index in [-0.39, 0.29) is 6.42 Å². The van der Waals surface area contributed by atoms with Crippen LogP contribution in [0.4, 0.5) is 0 Å². The second kappa shape index (κ2) is 5.15. The summed E-state index contributed by atoms with van der Waals surface area (Å²) in [5.74, 6) is -0.889. The first-order valence-electron chi connectivity index (χ1n) is 4.15. The molecule has 1 rings (SSSR count). The number of carboxylic acid groups (broad SMARTS) is 1. The highest BCUT2D eigenvalue weighted by Crippen LogP contribution is 2.29. The van der Waals surface area contributed by atoms with Crippen molar-refractivity contribution in [3.8, 4) is 6.07 Å². The van der Waals surface area contributed by atoms with Gasteiger partial charge in [-0.1, -0.05) is 11.6 Å². The molecule has 0 radical (unpaired) electrons. The fraction of sp³-hybridized carbons (Fsp3) is 0.200. The Balaban J connectivity index is 3.05. The van der Waals surface area contributed by atoms with Gasteiger partial charge in [0.15, 0.2) is 0 Å². The minimum absolute atomic E-state index is 0.00674. The zero-order chi connectivity index (χ0) is 11.4. The number of hydrogen-bond acceptors (Lipinski definition) is 2. The number of aliphatic carboxylic acids is 1. The van der Waals surface area contributed by atoms with Crippen LogP contribution >= 0.6 is 27.5 Å². The van der Waals surface area contributed by atoms with Gasteiger partial charge in [0, 0.05) is 15.9 Å². The molecular weight excluding hydrogens is 281 g/mol. The number of nitriles is 1. The Bertz CT molecular complexity index is 440. The number of benzene rings is 1.